The number of carbonyl (C=O) groups is 2. The van der Waals surface area contributed by atoms with Crippen molar-refractivity contribution in [3.05, 3.63) is 64.9 Å². The Morgan fingerprint density at radius 3 is 2.61 bits per heavy atom. The Morgan fingerprint density at radius 2 is 1.89 bits per heavy atom. The third kappa shape index (κ3) is 3.38. The van der Waals surface area contributed by atoms with E-state index in [4.69, 9.17) is 11.6 Å². The van der Waals surface area contributed by atoms with Gasteiger partial charge in [0.15, 0.2) is 0 Å². The molecule has 4 rings (SSSR count). The third-order valence-electron chi connectivity index (χ3n) is 5.77. The molecule has 2 heterocycles. The van der Waals surface area contributed by atoms with Crippen LogP contribution in [0.3, 0.4) is 0 Å². The van der Waals surface area contributed by atoms with Crippen LogP contribution in [0.5, 0.6) is 0 Å². The van der Waals surface area contributed by atoms with Crippen molar-refractivity contribution >= 4 is 29.1 Å². The molecule has 0 aliphatic carbocycles. The molecule has 0 unspecified atom stereocenters. The molecule has 5 nitrogen and oxygen atoms in total. The van der Waals surface area contributed by atoms with Gasteiger partial charge in [-0.1, -0.05) is 17.7 Å². The molecule has 2 fully saturated rings. The first-order valence-electron chi connectivity index (χ1n) is 9.20. The van der Waals surface area contributed by atoms with E-state index in [0.29, 0.717) is 35.9 Å². The molecule has 28 heavy (non-hydrogen) atoms. The summed E-state index contributed by atoms with van der Waals surface area (Å²) in [5.74, 6) is -0.485. The van der Waals surface area contributed by atoms with Crippen molar-refractivity contribution in [2.75, 3.05) is 38.1 Å². The van der Waals surface area contributed by atoms with Crippen LogP contribution >= 0.6 is 11.6 Å². The third-order valence-corrected chi connectivity index (χ3v) is 6.02. The first-order chi connectivity index (χ1) is 13.4. The van der Waals surface area contributed by atoms with Gasteiger partial charge in [0.1, 0.15) is 5.82 Å². The lowest BCUT2D eigenvalue weighted by Gasteiger charge is -2.46. The van der Waals surface area contributed by atoms with E-state index in [1.165, 1.54) is 12.1 Å². The number of nitrogens with zero attached hydrogens (tertiary/aromatic N) is 3. The van der Waals surface area contributed by atoms with E-state index in [1.807, 2.05) is 16.8 Å². The van der Waals surface area contributed by atoms with Crippen molar-refractivity contribution in [3.8, 4) is 0 Å². The van der Waals surface area contributed by atoms with E-state index >= 15 is 0 Å². The van der Waals surface area contributed by atoms with Gasteiger partial charge in [-0.25, -0.2) is 4.39 Å². The van der Waals surface area contributed by atoms with Crippen LogP contribution in [0.1, 0.15) is 16.8 Å². The van der Waals surface area contributed by atoms with Crippen molar-refractivity contribution in [3.63, 3.8) is 0 Å². The van der Waals surface area contributed by atoms with E-state index in [9.17, 15) is 14.0 Å². The highest BCUT2D eigenvalue weighted by atomic mass is 35.5. The van der Waals surface area contributed by atoms with Crippen molar-refractivity contribution in [1.82, 2.24) is 9.80 Å². The maximum Gasteiger partial charge on any atom is 0.253 e. The van der Waals surface area contributed by atoms with Gasteiger partial charge in [-0.05, 0) is 55.9 Å². The van der Waals surface area contributed by atoms with E-state index in [2.05, 4.69) is 0 Å². The lowest BCUT2D eigenvalue weighted by molar-refractivity contribution is -0.123. The minimum Gasteiger partial charge on any atom is -0.337 e. The van der Waals surface area contributed by atoms with Gasteiger partial charge >= 0.3 is 0 Å². The van der Waals surface area contributed by atoms with Gasteiger partial charge in [-0.15, -0.1) is 0 Å². The van der Waals surface area contributed by atoms with Crippen LogP contribution in [0.15, 0.2) is 48.5 Å². The fraction of sp³-hybridized carbons (Fsp3) is 0.333. The highest BCUT2D eigenvalue weighted by Gasteiger charge is 2.48. The first-order valence-corrected chi connectivity index (χ1v) is 9.58. The largest absolute Gasteiger partial charge is 0.337 e. The fourth-order valence-electron chi connectivity index (χ4n) is 4.08. The Balaban J connectivity index is 1.56. The van der Waals surface area contributed by atoms with E-state index in [0.717, 1.165) is 6.42 Å². The summed E-state index contributed by atoms with van der Waals surface area (Å²) in [6.07, 6.45) is 0.752. The van der Waals surface area contributed by atoms with E-state index < -0.39 is 0 Å². The highest BCUT2D eigenvalue weighted by molar-refractivity contribution is 6.30. The molecule has 146 valence electrons. The number of anilines is 1. The van der Waals surface area contributed by atoms with Crippen LogP contribution in [0.25, 0.3) is 0 Å². The molecule has 2 aliphatic rings. The average molecular weight is 402 g/mol. The fourth-order valence-corrected chi connectivity index (χ4v) is 4.21. The van der Waals surface area contributed by atoms with Gasteiger partial charge in [-0.3, -0.25) is 14.5 Å². The zero-order chi connectivity index (χ0) is 19.9. The number of hydrogen-bond donors (Lipinski definition) is 0. The molecule has 7 heteroatoms. The van der Waals surface area contributed by atoms with E-state index in [1.54, 1.807) is 41.3 Å². The summed E-state index contributed by atoms with van der Waals surface area (Å²) in [7, 11) is 1.91. The molecule has 0 bridgehead atoms. The first kappa shape index (κ1) is 18.9. The maximum atomic E-state index is 13.7. The van der Waals surface area contributed by atoms with Gasteiger partial charge in [0, 0.05) is 35.9 Å². The quantitative estimate of drug-likeness (QED) is 0.777. The lowest BCUT2D eigenvalue weighted by atomic mass is 9.92. The van der Waals surface area contributed by atoms with Gasteiger partial charge in [0.25, 0.3) is 5.91 Å². The SMILES string of the molecule is CN1CC(=O)N(c2cccc(F)c2)C[C@]12CCN(C(=O)c1ccc(Cl)cc1)C2. The molecule has 1 atom stereocenters. The number of carbonyl (C=O) groups excluding carboxylic acids is 2. The normalized spacial score (nSPS) is 22.9. The number of hydrogen-bond acceptors (Lipinski definition) is 3. The summed E-state index contributed by atoms with van der Waals surface area (Å²) < 4.78 is 13.7. The van der Waals surface area contributed by atoms with Crippen molar-refractivity contribution in [1.29, 1.82) is 0 Å². The number of piperazine rings is 1. The Labute approximate surface area is 168 Å². The van der Waals surface area contributed by atoms with Gasteiger partial charge < -0.3 is 9.80 Å². The molecule has 0 radical (unpaired) electrons. The number of likely N-dealkylation sites (tertiary alicyclic amines) is 1. The van der Waals surface area contributed by atoms with Gasteiger partial charge in [-0.2, -0.15) is 0 Å². The number of halogens is 2. The van der Waals surface area contributed by atoms with Crippen molar-refractivity contribution < 1.29 is 14.0 Å². The van der Waals surface area contributed by atoms with Crippen molar-refractivity contribution in [2.24, 2.45) is 0 Å². The molecule has 0 N–H and O–H groups in total. The zero-order valence-corrected chi connectivity index (χ0v) is 16.3. The second-order valence-corrected chi connectivity index (χ2v) is 7.96. The predicted molar refractivity (Wildman–Crippen MR) is 106 cm³/mol. The van der Waals surface area contributed by atoms with Crippen LogP contribution in [0.2, 0.25) is 5.02 Å². The summed E-state index contributed by atoms with van der Waals surface area (Å²) in [4.78, 5) is 31.0. The van der Waals surface area contributed by atoms with Gasteiger partial charge in [0.05, 0.1) is 12.1 Å². The number of benzene rings is 2. The second kappa shape index (κ2) is 7.18. The topological polar surface area (TPSA) is 43.9 Å². The Morgan fingerprint density at radius 1 is 1.14 bits per heavy atom. The molecular weight excluding hydrogens is 381 g/mol. The predicted octanol–water partition coefficient (Wildman–Crippen LogP) is 3.04. The standard InChI is InChI=1S/C21H21ClFN3O2/c1-24-12-19(27)26(18-4-2-3-17(23)11-18)14-21(24)9-10-25(13-21)20(28)15-5-7-16(22)8-6-15/h2-8,11H,9-10,12-14H2,1H3/t21-/m1/s1. The smallest absolute Gasteiger partial charge is 0.253 e. The zero-order valence-electron chi connectivity index (χ0n) is 15.6. The molecule has 0 saturated carbocycles. The molecule has 2 aromatic carbocycles. The Kier molecular flexibility index (Phi) is 4.85. The molecule has 1 spiro atoms. The van der Waals surface area contributed by atoms with Crippen LogP contribution in [0.4, 0.5) is 10.1 Å². The Bertz CT molecular complexity index is 920. The number of likely N-dealkylation sites (N-methyl/N-ethyl adjacent to an activating group) is 1. The molecule has 2 aliphatic heterocycles. The van der Waals surface area contributed by atoms with Crippen molar-refractivity contribution in [2.45, 2.75) is 12.0 Å². The summed E-state index contributed by atoms with van der Waals surface area (Å²) in [6, 6.07) is 12.9. The van der Waals surface area contributed by atoms with Crippen LogP contribution in [0, 0.1) is 5.82 Å². The second-order valence-electron chi connectivity index (χ2n) is 7.52. The molecule has 2 saturated heterocycles. The minimum atomic E-state index is -0.371. The molecule has 2 aromatic rings. The number of rotatable bonds is 2. The number of amides is 2. The Hall–Kier alpha value is -2.44. The summed E-state index contributed by atoms with van der Waals surface area (Å²) in [6.45, 7) is 1.79. The molecular formula is C21H21ClFN3O2. The monoisotopic (exact) mass is 401 g/mol. The van der Waals surface area contributed by atoms with Gasteiger partial charge in [0.2, 0.25) is 5.91 Å². The lowest BCUT2D eigenvalue weighted by Crippen LogP contribution is -2.64. The molecule has 0 aromatic heterocycles. The van der Waals surface area contributed by atoms with E-state index in [-0.39, 0.29) is 29.7 Å². The van der Waals surface area contributed by atoms with Crippen LogP contribution < -0.4 is 4.90 Å². The summed E-state index contributed by atoms with van der Waals surface area (Å²) >= 11 is 5.92. The minimum absolute atomic E-state index is 0.0452. The molecule has 2 amide bonds. The average Bonchev–Trinajstić information content (AvgIpc) is 3.10. The summed E-state index contributed by atoms with van der Waals surface area (Å²) in [5.41, 5.74) is 0.806. The van der Waals surface area contributed by atoms with Crippen LogP contribution in [-0.4, -0.2) is 60.4 Å². The summed E-state index contributed by atoms with van der Waals surface area (Å²) in [5, 5.41) is 0.589. The maximum absolute atomic E-state index is 13.7. The van der Waals surface area contributed by atoms with Crippen LogP contribution in [-0.2, 0) is 4.79 Å². The highest BCUT2D eigenvalue weighted by Crippen LogP contribution is 2.34.